The predicted octanol–water partition coefficient (Wildman–Crippen LogP) is 2.33. The lowest BCUT2D eigenvalue weighted by molar-refractivity contribution is 0.0996. The molecule has 3 aromatic rings. The molecule has 0 aliphatic heterocycles. The van der Waals surface area contributed by atoms with Crippen LogP contribution in [0.15, 0.2) is 59.5 Å². The van der Waals surface area contributed by atoms with Crippen LogP contribution in [0.4, 0.5) is 11.6 Å². The van der Waals surface area contributed by atoms with Gasteiger partial charge >= 0.3 is 0 Å². The molecule has 2 N–H and O–H groups in total. The highest BCUT2D eigenvalue weighted by Crippen LogP contribution is 2.09. The van der Waals surface area contributed by atoms with Crippen LogP contribution in [0, 0.1) is 0 Å². The second kappa shape index (κ2) is 6.49. The number of hydrogen-bond donors (Lipinski definition) is 2. The van der Waals surface area contributed by atoms with Crippen LogP contribution in [-0.4, -0.2) is 21.1 Å². The number of furan rings is 1. The van der Waals surface area contributed by atoms with E-state index in [1.807, 2.05) is 12.1 Å². The number of pyridine rings is 1. The Morgan fingerprint density at radius 2 is 1.95 bits per heavy atom. The zero-order valence-corrected chi connectivity index (χ0v) is 11.6. The van der Waals surface area contributed by atoms with Crippen molar-refractivity contribution in [3.63, 3.8) is 0 Å². The molecule has 0 atom stereocenters. The quantitative estimate of drug-likeness (QED) is 0.750. The smallest absolute Gasteiger partial charge is 0.292 e. The Labute approximate surface area is 126 Å². The summed E-state index contributed by atoms with van der Waals surface area (Å²) >= 11 is 0. The van der Waals surface area contributed by atoms with Crippen molar-refractivity contribution < 1.29 is 9.21 Å². The van der Waals surface area contributed by atoms with Gasteiger partial charge in [-0.2, -0.15) is 0 Å². The fraction of sp³-hybridized carbons (Fsp3) is 0.0667. The van der Waals surface area contributed by atoms with Gasteiger partial charge in [-0.3, -0.25) is 9.78 Å². The highest BCUT2D eigenvalue weighted by atomic mass is 16.3. The molecule has 110 valence electrons. The first-order valence-corrected chi connectivity index (χ1v) is 6.62. The molecule has 3 heterocycles. The van der Waals surface area contributed by atoms with Crippen molar-refractivity contribution in [1.82, 2.24) is 15.2 Å². The number of carbonyl (C=O) groups excluding carboxylic acids is 1. The van der Waals surface area contributed by atoms with Gasteiger partial charge in [-0.05, 0) is 35.9 Å². The van der Waals surface area contributed by atoms with Crippen LogP contribution >= 0.6 is 0 Å². The maximum atomic E-state index is 11.8. The van der Waals surface area contributed by atoms with Crippen LogP contribution in [0.2, 0.25) is 0 Å². The standard InChI is InChI=1S/C15H13N5O2/c21-15(12-4-2-8-22-12)18-14-6-5-13(19-20-14)17-10-11-3-1-7-16-9-11/h1-9H,10H2,(H,17,19)(H,18,20,21). The van der Waals surface area contributed by atoms with Gasteiger partial charge in [0.2, 0.25) is 0 Å². The number of carbonyl (C=O) groups is 1. The fourth-order valence-electron chi connectivity index (χ4n) is 1.77. The zero-order valence-electron chi connectivity index (χ0n) is 11.6. The lowest BCUT2D eigenvalue weighted by Gasteiger charge is -2.06. The molecular formula is C15H13N5O2. The summed E-state index contributed by atoms with van der Waals surface area (Å²) in [6.07, 6.45) is 4.93. The lowest BCUT2D eigenvalue weighted by Crippen LogP contribution is -2.13. The summed E-state index contributed by atoms with van der Waals surface area (Å²) in [6.45, 7) is 0.598. The highest BCUT2D eigenvalue weighted by molar-refractivity contribution is 6.01. The SMILES string of the molecule is O=C(Nc1ccc(NCc2cccnc2)nn1)c1ccco1. The summed E-state index contributed by atoms with van der Waals surface area (Å²) in [5, 5.41) is 13.7. The normalized spacial score (nSPS) is 10.2. The third-order valence-electron chi connectivity index (χ3n) is 2.85. The van der Waals surface area contributed by atoms with Crippen molar-refractivity contribution in [3.8, 4) is 0 Å². The maximum absolute atomic E-state index is 11.8. The third-order valence-corrected chi connectivity index (χ3v) is 2.85. The summed E-state index contributed by atoms with van der Waals surface area (Å²) in [5.41, 5.74) is 1.04. The van der Waals surface area contributed by atoms with Gasteiger partial charge in [0.15, 0.2) is 11.6 Å². The third kappa shape index (κ3) is 3.45. The van der Waals surface area contributed by atoms with E-state index >= 15 is 0 Å². The van der Waals surface area contributed by atoms with E-state index in [0.29, 0.717) is 18.2 Å². The molecule has 0 unspecified atom stereocenters. The topological polar surface area (TPSA) is 92.9 Å². The van der Waals surface area contributed by atoms with Crippen molar-refractivity contribution in [2.75, 3.05) is 10.6 Å². The van der Waals surface area contributed by atoms with Crippen molar-refractivity contribution in [3.05, 3.63) is 66.4 Å². The van der Waals surface area contributed by atoms with Crippen molar-refractivity contribution in [2.45, 2.75) is 6.54 Å². The number of aromatic nitrogens is 3. The number of hydrogen-bond acceptors (Lipinski definition) is 6. The minimum absolute atomic E-state index is 0.223. The number of amides is 1. The van der Waals surface area contributed by atoms with Crippen LogP contribution in [0.25, 0.3) is 0 Å². The molecule has 22 heavy (non-hydrogen) atoms. The van der Waals surface area contributed by atoms with E-state index in [1.165, 1.54) is 6.26 Å². The lowest BCUT2D eigenvalue weighted by atomic mass is 10.3. The zero-order chi connectivity index (χ0) is 15.2. The molecule has 7 nitrogen and oxygen atoms in total. The minimum atomic E-state index is -0.365. The molecule has 0 bridgehead atoms. The van der Waals surface area contributed by atoms with Crippen molar-refractivity contribution in [2.24, 2.45) is 0 Å². The molecule has 0 aliphatic rings. The van der Waals surface area contributed by atoms with Crippen molar-refractivity contribution >= 4 is 17.5 Å². The average molecular weight is 295 g/mol. The molecule has 0 fully saturated rings. The molecule has 0 saturated heterocycles. The van der Waals surface area contributed by atoms with Gasteiger partial charge in [0, 0.05) is 18.9 Å². The Morgan fingerprint density at radius 1 is 1.09 bits per heavy atom. The van der Waals surface area contributed by atoms with Crippen LogP contribution in [-0.2, 0) is 6.54 Å². The molecule has 0 aromatic carbocycles. The Morgan fingerprint density at radius 3 is 2.64 bits per heavy atom. The van der Waals surface area contributed by atoms with E-state index in [1.54, 1.807) is 36.7 Å². The summed E-state index contributed by atoms with van der Waals surface area (Å²) in [4.78, 5) is 15.8. The molecule has 0 saturated carbocycles. The summed E-state index contributed by atoms with van der Waals surface area (Å²) in [7, 11) is 0. The fourth-order valence-corrected chi connectivity index (χ4v) is 1.77. The summed E-state index contributed by atoms with van der Waals surface area (Å²) < 4.78 is 5.00. The van der Waals surface area contributed by atoms with Crippen LogP contribution in [0.5, 0.6) is 0 Å². The molecule has 0 aliphatic carbocycles. The monoisotopic (exact) mass is 295 g/mol. The van der Waals surface area contributed by atoms with E-state index in [9.17, 15) is 4.79 Å². The molecule has 3 rings (SSSR count). The molecule has 0 radical (unpaired) electrons. The van der Waals surface area contributed by atoms with Gasteiger partial charge in [-0.25, -0.2) is 0 Å². The van der Waals surface area contributed by atoms with Crippen LogP contribution < -0.4 is 10.6 Å². The minimum Gasteiger partial charge on any atom is -0.459 e. The predicted molar refractivity (Wildman–Crippen MR) is 80.3 cm³/mol. The molecular weight excluding hydrogens is 282 g/mol. The van der Waals surface area contributed by atoms with Crippen molar-refractivity contribution in [1.29, 1.82) is 0 Å². The number of nitrogens with one attached hydrogen (secondary N) is 2. The molecule has 1 amide bonds. The Bertz CT molecular complexity index is 726. The number of nitrogens with zero attached hydrogens (tertiary/aromatic N) is 3. The first-order chi connectivity index (χ1) is 10.8. The second-order valence-electron chi connectivity index (χ2n) is 4.45. The number of anilines is 2. The van der Waals surface area contributed by atoms with E-state index in [2.05, 4.69) is 25.8 Å². The summed E-state index contributed by atoms with van der Waals surface area (Å²) in [5.74, 6) is 0.823. The average Bonchev–Trinajstić information content (AvgIpc) is 3.10. The Balaban J connectivity index is 1.57. The first-order valence-electron chi connectivity index (χ1n) is 6.62. The van der Waals surface area contributed by atoms with Crippen LogP contribution in [0.1, 0.15) is 16.1 Å². The molecule has 3 aromatic heterocycles. The van der Waals surface area contributed by atoms with Gasteiger partial charge in [-0.15, -0.1) is 10.2 Å². The largest absolute Gasteiger partial charge is 0.459 e. The molecule has 7 heteroatoms. The van der Waals surface area contributed by atoms with E-state index < -0.39 is 0 Å². The van der Waals surface area contributed by atoms with E-state index in [0.717, 1.165) is 5.56 Å². The van der Waals surface area contributed by atoms with Gasteiger partial charge in [0.1, 0.15) is 5.82 Å². The van der Waals surface area contributed by atoms with Crippen LogP contribution in [0.3, 0.4) is 0 Å². The summed E-state index contributed by atoms with van der Waals surface area (Å²) in [6, 6.07) is 10.5. The van der Waals surface area contributed by atoms with Gasteiger partial charge in [-0.1, -0.05) is 6.07 Å². The Hall–Kier alpha value is -3.22. The van der Waals surface area contributed by atoms with Gasteiger partial charge < -0.3 is 15.1 Å². The molecule has 0 spiro atoms. The first kappa shape index (κ1) is 13.7. The highest BCUT2D eigenvalue weighted by Gasteiger charge is 2.09. The van der Waals surface area contributed by atoms with Gasteiger partial charge in [0.05, 0.1) is 6.26 Å². The van der Waals surface area contributed by atoms with Gasteiger partial charge in [0.25, 0.3) is 5.91 Å². The Kier molecular flexibility index (Phi) is 4.05. The maximum Gasteiger partial charge on any atom is 0.292 e. The second-order valence-corrected chi connectivity index (χ2v) is 4.45. The van der Waals surface area contributed by atoms with E-state index in [-0.39, 0.29) is 11.7 Å². The van der Waals surface area contributed by atoms with E-state index in [4.69, 9.17) is 4.42 Å². The number of rotatable bonds is 5.